The first-order valence-electron chi connectivity index (χ1n) is 12.3. The van der Waals surface area contributed by atoms with Crippen LogP contribution >= 0.6 is 0 Å². The molecule has 0 bridgehead atoms. The molecule has 2 atom stereocenters. The highest BCUT2D eigenvalue weighted by atomic mass is 16.5. The monoisotopic (exact) mass is 438 g/mol. The molecule has 0 saturated carbocycles. The maximum atomic E-state index is 6.72. The number of benzene rings is 1. The molecule has 0 fully saturated rings. The van der Waals surface area contributed by atoms with Gasteiger partial charge in [-0.05, 0) is 116 Å². The van der Waals surface area contributed by atoms with Crippen LogP contribution in [0.5, 0.6) is 5.75 Å². The van der Waals surface area contributed by atoms with E-state index in [0.29, 0.717) is 11.8 Å². The Kier molecular flexibility index (Phi) is 9.83. The van der Waals surface area contributed by atoms with Crippen LogP contribution in [0, 0.1) is 11.8 Å². The van der Waals surface area contributed by atoms with Gasteiger partial charge < -0.3 is 9.47 Å². The lowest BCUT2D eigenvalue weighted by atomic mass is 9.76. The Balaban J connectivity index is 0.000000278. The number of methoxy groups -OCH3 is 1. The van der Waals surface area contributed by atoms with Crippen LogP contribution in [-0.4, -0.2) is 18.3 Å². The second kappa shape index (κ2) is 11.9. The van der Waals surface area contributed by atoms with Crippen molar-refractivity contribution in [3.05, 3.63) is 65.8 Å². The third-order valence-electron chi connectivity index (χ3n) is 7.28. The maximum Gasteiger partial charge on any atom is 0.119 e. The molecule has 2 nitrogen and oxygen atoms in total. The number of allylic oxidation sites excluding steroid dienone is 5. The fraction of sp³-hybridized carbons (Fsp3) is 0.600. The molecule has 0 amide bonds. The Morgan fingerprint density at radius 2 is 1.47 bits per heavy atom. The number of hydrogen-bond acceptors (Lipinski definition) is 2. The van der Waals surface area contributed by atoms with E-state index in [9.17, 15) is 0 Å². The van der Waals surface area contributed by atoms with Crippen LogP contribution in [0.4, 0.5) is 0 Å². The molecule has 0 spiro atoms. The molecule has 1 aromatic rings. The molecule has 1 aromatic carbocycles. The van der Waals surface area contributed by atoms with Gasteiger partial charge in [0.2, 0.25) is 0 Å². The first-order valence-corrected chi connectivity index (χ1v) is 12.3. The van der Waals surface area contributed by atoms with Gasteiger partial charge in [0.15, 0.2) is 0 Å². The lowest BCUT2D eigenvalue weighted by Gasteiger charge is -2.46. The van der Waals surface area contributed by atoms with E-state index in [-0.39, 0.29) is 11.2 Å². The number of ether oxygens (including phenoxy) is 2. The van der Waals surface area contributed by atoms with Crippen LogP contribution in [0.1, 0.15) is 85.6 Å². The largest absolute Gasteiger partial charge is 0.497 e. The summed E-state index contributed by atoms with van der Waals surface area (Å²) < 4.78 is 11.8. The lowest BCUT2D eigenvalue weighted by molar-refractivity contribution is -0.175. The average Bonchev–Trinajstić information content (AvgIpc) is 2.74. The van der Waals surface area contributed by atoms with Gasteiger partial charge in [0.05, 0.1) is 18.3 Å². The van der Waals surface area contributed by atoms with Gasteiger partial charge in [-0.3, -0.25) is 0 Å². The summed E-state index contributed by atoms with van der Waals surface area (Å²) >= 11 is 0. The zero-order valence-corrected chi connectivity index (χ0v) is 21.7. The predicted molar refractivity (Wildman–Crippen MR) is 138 cm³/mol. The Labute approximate surface area is 197 Å². The molecule has 0 heterocycles. The predicted octanol–water partition coefficient (Wildman–Crippen LogP) is 8.48. The van der Waals surface area contributed by atoms with Crippen molar-refractivity contribution in [3.8, 4) is 5.75 Å². The summed E-state index contributed by atoms with van der Waals surface area (Å²) in [5.74, 6) is 2.21. The molecule has 0 saturated heterocycles. The van der Waals surface area contributed by atoms with Crippen molar-refractivity contribution >= 4 is 0 Å². The average molecular weight is 439 g/mol. The minimum Gasteiger partial charge on any atom is -0.497 e. The number of hydrogen-bond donors (Lipinski definition) is 0. The zero-order valence-electron chi connectivity index (χ0n) is 21.7. The summed E-state index contributed by atoms with van der Waals surface area (Å²) in [5, 5.41) is 0. The van der Waals surface area contributed by atoms with E-state index in [0.717, 1.165) is 12.2 Å². The zero-order chi connectivity index (χ0) is 23.8. The normalized spacial score (nSPS) is 21.6. The highest BCUT2D eigenvalue weighted by Gasteiger charge is 2.40. The van der Waals surface area contributed by atoms with Gasteiger partial charge >= 0.3 is 0 Å². The van der Waals surface area contributed by atoms with Crippen LogP contribution in [-0.2, 0) is 11.2 Å². The number of rotatable bonds is 7. The van der Waals surface area contributed by atoms with Crippen molar-refractivity contribution < 1.29 is 9.47 Å². The minimum absolute atomic E-state index is 0.0308. The minimum atomic E-state index is -0.0308. The van der Waals surface area contributed by atoms with Gasteiger partial charge in [-0.15, -0.1) is 6.58 Å². The van der Waals surface area contributed by atoms with Crippen molar-refractivity contribution in [2.75, 3.05) is 7.11 Å². The van der Waals surface area contributed by atoms with Crippen molar-refractivity contribution in [2.24, 2.45) is 11.8 Å². The topological polar surface area (TPSA) is 18.5 Å². The van der Waals surface area contributed by atoms with Gasteiger partial charge in [-0.25, -0.2) is 0 Å². The molecule has 32 heavy (non-hydrogen) atoms. The van der Waals surface area contributed by atoms with E-state index in [1.807, 2.05) is 24.3 Å². The SMILES string of the molecule is C=CCc1cccc(OC)c1.CC1=CCC(C(C)(C)OC(C)(C)C2CC=C(C)CC2)CC1. The Bertz CT molecular complexity index is 757. The molecule has 2 aliphatic rings. The van der Waals surface area contributed by atoms with E-state index in [1.54, 1.807) is 18.3 Å². The first kappa shape index (κ1) is 26.5. The molecule has 2 heteroatoms. The van der Waals surface area contributed by atoms with Gasteiger partial charge in [0.1, 0.15) is 5.75 Å². The lowest BCUT2D eigenvalue weighted by Crippen LogP contribution is -2.46. The standard InChI is InChI=1S/C20H34O.C10H12O/c1-15-7-11-17(12-8-15)19(3,4)21-20(5,6)18-13-9-16(2)10-14-18;1-3-5-9-6-4-7-10(8-9)11-2/h7,9,17-18H,8,10-14H2,1-6H3;3-4,6-8H,1,5H2,2H3. The van der Waals surface area contributed by atoms with E-state index in [4.69, 9.17) is 9.47 Å². The van der Waals surface area contributed by atoms with Crippen molar-refractivity contribution in [1.29, 1.82) is 0 Å². The molecule has 2 aliphatic carbocycles. The molecule has 178 valence electrons. The van der Waals surface area contributed by atoms with Crippen LogP contribution in [0.25, 0.3) is 0 Å². The third kappa shape index (κ3) is 7.96. The Morgan fingerprint density at radius 1 is 0.938 bits per heavy atom. The fourth-order valence-corrected chi connectivity index (χ4v) is 5.00. The molecule has 0 radical (unpaired) electrons. The molecule has 3 rings (SSSR count). The van der Waals surface area contributed by atoms with Crippen molar-refractivity contribution in [2.45, 2.75) is 97.7 Å². The smallest absolute Gasteiger partial charge is 0.119 e. The summed E-state index contributed by atoms with van der Waals surface area (Å²) in [5.41, 5.74) is 4.27. The molecule has 0 aliphatic heterocycles. The van der Waals surface area contributed by atoms with E-state index >= 15 is 0 Å². The fourth-order valence-electron chi connectivity index (χ4n) is 5.00. The summed E-state index contributed by atoms with van der Waals surface area (Å²) in [6.07, 6.45) is 15.0. The summed E-state index contributed by atoms with van der Waals surface area (Å²) in [6.45, 7) is 17.4. The van der Waals surface area contributed by atoms with Crippen LogP contribution in [0.2, 0.25) is 0 Å². The Morgan fingerprint density at radius 3 is 1.88 bits per heavy atom. The summed E-state index contributed by atoms with van der Waals surface area (Å²) in [4.78, 5) is 0. The first-order chi connectivity index (χ1) is 15.1. The van der Waals surface area contributed by atoms with Crippen LogP contribution in [0.3, 0.4) is 0 Å². The highest BCUT2D eigenvalue weighted by Crippen LogP contribution is 2.41. The van der Waals surface area contributed by atoms with E-state index in [1.165, 1.54) is 44.1 Å². The molecular weight excluding hydrogens is 392 g/mol. The molecule has 2 unspecified atom stereocenters. The second-order valence-electron chi connectivity index (χ2n) is 10.7. The van der Waals surface area contributed by atoms with Crippen LogP contribution in [0.15, 0.2) is 60.2 Å². The van der Waals surface area contributed by atoms with Gasteiger partial charge in [-0.1, -0.05) is 41.5 Å². The van der Waals surface area contributed by atoms with E-state index in [2.05, 4.69) is 66.3 Å². The van der Waals surface area contributed by atoms with Gasteiger partial charge in [0, 0.05) is 0 Å². The van der Waals surface area contributed by atoms with Crippen LogP contribution < -0.4 is 4.74 Å². The van der Waals surface area contributed by atoms with Gasteiger partial charge in [-0.2, -0.15) is 0 Å². The van der Waals surface area contributed by atoms with Gasteiger partial charge in [0.25, 0.3) is 0 Å². The Hall–Kier alpha value is -1.80. The molecule has 0 aromatic heterocycles. The summed E-state index contributed by atoms with van der Waals surface area (Å²) in [6, 6.07) is 8.00. The quantitative estimate of drug-likeness (QED) is 0.397. The van der Waals surface area contributed by atoms with E-state index < -0.39 is 0 Å². The van der Waals surface area contributed by atoms with Crippen molar-refractivity contribution in [3.63, 3.8) is 0 Å². The van der Waals surface area contributed by atoms with Crippen molar-refractivity contribution in [1.82, 2.24) is 0 Å². The maximum absolute atomic E-state index is 6.72. The second-order valence-corrected chi connectivity index (χ2v) is 10.7. The summed E-state index contributed by atoms with van der Waals surface area (Å²) in [7, 11) is 1.67. The molecule has 0 N–H and O–H groups in total. The molecular formula is C30H46O2. The highest BCUT2D eigenvalue weighted by molar-refractivity contribution is 5.29. The third-order valence-corrected chi connectivity index (χ3v) is 7.28.